The van der Waals surface area contributed by atoms with Gasteiger partial charge in [-0.15, -0.1) is 0 Å². The Morgan fingerprint density at radius 3 is 1.01 bits per heavy atom. The molecule has 430 valence electrons. The van der Waals surface area contributed by atoms with E-state index in [0.717, 1.165) is 116 Å². The molecule has 0 heterocycles. The van der Waals surface area contributed by atoms with Gasteiger partial charge in [-0.3, -0.25) is 18.9 Å². The van der Waals surface area contributed by atoms with E-state index in [2.05, 4.69) is 57.2 Å². The van der Waals surface area contributed by atoms with Crippen LogP contribution in [0.3, 0.4) is 0 Å². The quantitative estimate of drug-likeness (QED) is 0.0193. The molecule has 0 aliphatic heterocycles. The summed E-state index contributed by atoms with van der Waals surface area (Å²) >= 11 is 0. The van der Waals surface area contributed by atoms with Crippen LogP contribution in [0.2, 0.25) is 0 Å². The van der Waals surface area contributed by atoms with Gasteiger partial charge in [0.2, 0.25) is 0 Å². The van der Waals surface area contributed by atoms with Crippen molar-refractivity contribution >= 4 is 25.7 Å². The van der Waals surface area contributed by atoms with E-state index in [4.69, 9.17) is 23.3 Å². The lowest BCUT2D eigenvalue weighted by molar-refractivity contribution is -0.230. The average Bonchev–Trinajstić information content (AvgIpc) is 3.37. The Kier molecular flexibility index (Phi) is 57.2. The molecular weight excluding hydrogens is 942 g/mol. The molecule has 0 rings (SSSR count). The highest BCUT2D eigenvalue weighted by molar-refractivity contribution is 7.45. The maximum Gasteiger partial charge on any atom is 0.306 e. The molecule has 0 aromatic rings. The first kappa shape index (κ1) is 72.7. The van der Waals surface area contributed by atoms with Gasteiger partial charge in [0.05, 0.1) is 13.2 Å². The second-order valence-corrected chi connectivity index (χ2v) is 21.6. The molecule has 0 aliphatic carbocycles. The lowest BCUT2D eigenvalue weighted by Gasteiger charge is -2.26. The lowest BCUT2D eigenvalue weighted by atomic mass is 10.1. The topological polar surface area (TPSA) is 194 Å². The van der Waals surface area contributed by atoms with Gasteiger partial charge >= 0.3 is 17.9 Å². The van der Waals surface area contributed by atoms with E-state index in [-0.39, 0.29) is 32.0 Å². The number of phosphoric ester groups is 1. The molecule has 3 atom stereocenters. The van der Waals surface area contributed by atoms with Gasteiger partial charge in [-0.05, 0) is 96.3 Å². The van der Waals surface area contributed by atoms with Gasteiger partial charge in [0, 0.05) is 19.3 Å². The molecule has 1 unspecified atom stereocenters. The van der Waals surface area contributed by atoms with Crippen molar-refractivity contribution in [1.82, 2.24) is 6.15 Å². The standard InChI is InChI=1S/C60H111O11P.H3N/c1-4-7-10-13-16-19-22-25-28-31-34-37-40-43-46-49-58(62)67-52-56(61)53-69-72(65,66)70-55-57(71-60(64)51-48-45-42-39-36-33-30-27-24-21-18-15-12-9-6-3)54-68-59(63)50-47-44-41-38-35-32-29-26-23-20-17-14-11-8-5-2;/h25-30,56-57,61H,4-24,31-55H2,1-3H3,(H,65,66);1H3/b28-25-,29-26-,30-27-;/t56-,57+;/m0./s1. The number of carbonyl (C=O) groups excluding carboxylic acids is 3. The third kappa shape index (κ3) is 57.2. The second-order valence-electron chi connectivity index (χ2n) is 20.2. The molecule has 13 heteroatoms. The molecule has 0 fully saturated rings. The van der Waals surface area contributed by atoms with Crippen LogP contribution in [0.4, 0.5) is 0 Å². The molecule has 73 heavy (non-hydrogen) atoms. The predicted octanol–water partition coefficient (Wildman–Crippen LogP) is 17.3. The Hall–Kier alpha value is -2.34. The van der Waals surface area contributed by atoms with Crippen molar-refractivity contribution < 1.29 is 52.2 Å². The monoisotopic (exact) mass is 1060 g/mol. The molecule has 0 spiro atoms. The largest absolute Gasteiger partial charge is 0.756 e. The van der Waals surface area contributed by atoms with E-state index >= 15 is 0 Å². The molecular formula is C60H114NO11P. The van der Waals surface area contributed by atoms with Crippen molar-refractivity contribution in [1.29, 1.82) is 0 Å². The number of ether oxygens (including phenoxy) is 3. The number of allylic oxidation sites excluding steroid dienone is 6. The Morgan fingerprint density at radius 2 is 0.671 bits per heavy atom. The summed E-state index contributed by atoms with van der Waals surface area (Å²) in [5.41, 5.74) is 0. The third-order valence-corrected chi connectivity index (χ3v) is 13.9. The number of aliphatic hydroxyl groups excluding tert-OH is 1. The molecule has 0 radical (unpaired) electrons. The number of hydrogen-bond acceptors (Lipinski definition) is 11. The van der Waals surface area contributed by atoms with Gasteiger partial charge in [-0.2, -0.15) is 0 Å². The van der Waals surface area contributed by atoms with E-state index < -0.39 is 57.8 Å². The molecule has 5 N–H and O–H groups in total. The zero-order valence-electron chi connectivity index (χ0n) is 47.6. The molecule has 0 aromatic carbocycles. The van der Waals surface area contributed by atoms with Crippen LogP contribution in [0.5, 0.6) is 0 Å². The smallest absolute Gasteiger partial charge is 0.306 e. The Balaban J connectivity index is 0. The SMILES string of the molecule is CCCCCCCC/C=C\CCCCCCCC(=O)OC[C@H](O)COP(=O)([O-])OC[C@@H](COC(=O)CCCCCCC/C=C\CCCCCCCC)OC(=O)CCCCCCC/C=C\CCCCCCCC.[NH4+]. The maximum absolute atomic E-state index is 12.8. The zero-order valence-corrected chi connectivity index (χ0v) is 48.5. The summed E-state index contributed by atoms with van der Waals surface area (Å²) in [6, 6.07) is 0. The van der Waals surface area contributed by atoms with Gasteiger partial charge in [-0.25, -0.2) is 0 Å². The van der Waals surface area contributed by atoms with Crippen molar-refractivity contribution in [2.75, 3.05) is 26.4 Å². The van der Waals surface area contributed by atoms with E-state index in [1.165, 1.54) is 116 Å². The zero-order chi connectivity index (χ0) is 52.7. The normalized spacial score (nSPS) is 13.4. The molecule has 0 aromatic heterocycles. The number of hydrogen-bond donors (Lipinski definition) is 2. The van der Waals surface area contributed by atoms with E-state index in [9.17, 15) is 28.9 Å². The van der Waals surface area contributed by atoms with Crippen LogP contribution in [-0.4, -0.2) is 61.6 Å². The Bertz CT molecular complexity index is 1360. The van der Waals surface area contributed by atoms with Crippen LogP contribution >= 0.6 is 7.82 Å². The molecule has 0 aliphatic rings. The minimum absolute atomic E-state index is 0. The fraction of sp³-hybridized carbons (Fsp3) is 0.850. The van der Waals surface area contributed by atoms with Gasteiger partial charge in [0.25, 0.3) is 7.82 Å². The predicted molar refractivity (Wildman–Crippen MR) is 302 cm³/mol. The lowest BCUT2D eigenvalue weighted by Crippen LogP contribution is -2.31. The van der Waals surface area contributed by atoms with Gasteiger partial charge in [-0.1, -0.05) is 211 Å². The first-order chi connectivity index (χ1) is 35.1. The van der Waals surface area contributed by atoms with Gasteiger partial charge in [0.15, 0.2) is 6.10 Å². The van der Waals surface area contributed by atoms with Gasteiger partial charge < -0.3 is 39.4 Å². The fourth-order valence-corrected chi connectivity index (χ4v) is 9.12. The molecule has 12 nitrogen and oxygen atoms in total. The van der Waals surface area contributed by atoms with Crippen LogP contribution in [0.1, 0.15) is 290 Å². The number of quaternary nitrogens is 1. The number of esters is 3. The Labute approximate surface area is 448 Å². The first-order valence-corrected chi connectivity index (χ1v) is 31.3. The summed E-state index contributed by atoms with van der Waals surface area (Å²) in [6.07, 6.45) is 56.4. The highest BCUT2D eigenvalue weighted by Gasteiger charge is 2.22. The molecule has 0 saturated heterocycles. The van der Waals surface area contributed by atoms with Crippen LogP contribution < -0.4 is 11.0 Å². The minimum Gasteiger partial charge on any atom is -0.756 e. The average molecular weight is 1060 g/mol. The van der Waals surface area contributed by atoms with Crippen molar-refractivity contribution in [3.05, 3.63) is 36.5 Å². The second kappa shape index (κ2) is 57.4. The van der Waals surface area contributed by atoms with E-state index in [1.807, 2.05) is 0 Å². The third-order valence-electron chi connectivity index (χ3n) is 12.9. The number of phosphoric acid groups is 1. The maximum atomic E-state index is 12.8. The number of unbranched alkanes of at least 4 members (excludes halogenated alkanes) is 33. The summed E-state index contributed by atoms with van der Waals surface area (Å²) in [5, 5.41) is 10.3. The van der Waals surface area contributed by atoms with Crippen LogP contribution in [0, 0.1) is 0 Å². The number of aliphatic hydroxyl groups is 1. The van der Waals surface area contributed by atoms with E-state index in [1.54, 1.807) is 0 Å². The summed E-state index contributed by atoms with van der Waals surface area (Å²) in [7, 11) is -4.98. The minimum atomic E-state index is -4.98. The summed E-state index contributed by atoms with van der Waals surface area (Å²) in [4.78, 5) is 50.4. The van der Waals surface area contributed by atoms with Crippen molar-refractivity contribution in [3.63, 3.8) is 0 Å². The van der Waals surface area contributed by atoms with Crippen molar-refractivity contribution in [2.24, 2.45) is 0 Å². The molecule has 0 saturated carbocycles. The van der Waals surface area contributed by atoms with Gasteiger partial charge in [0.1, 0.15) is 19.3 Å². The number of carbonyl (C=O) groups is 3. The van der Waals surface area contributed by atoms with Crippen LogP contribution in [0.15, 0.2) is 36.5 Å². The first-order valence-electron chi connectivity index (χ1n) is 29.9. The summed E-state index contributed by atoms with van der Waals surface area (Å²) in [5.74, 6) is -1.45. The summed E-state index contributed by atoms with van der Waals surface area (Å²) in [6.45, 7) is 4.62. The molecule has 0 amide bonds. The molecule has 0 bridgehead atoms. The van der Waals surface area contributed by atoms with Crippen molar-refractivity contribution in [3.8, 4) is 0 Å². The number of rotatable bonds is 56. The highest BCUT2D eigenvalue weighted by Crippen LogP contribution is 2.38. The van der Waals surface area contributed by atoms with Crippen LogP contribution in [-0.2, 0) is 42.2 Å². The Morgan fingerprint density at radius 1 is 0.397 bits per heavy atom. The fourth-order valence-electron chi connectivity index (χ4n) is 8.34. The van der Waals surface area contributed by atoms with Crippen molar-refractivity contribution in [2.45, 2.75) is 303 Å². The highest BCUT2D eigenvalue weighted by atomic mass is 31.2. The van der Waals surface area contributed by atoms with E-state index in [0.29, 0.717) is 19.3 Å². The summed E-state index contributed by atoms with van der Waals surface area (Å²) < 4.78 is 38.7. The van der Waals surface area contributed by atoms with Crippen LogP contribution in [0.25, 0.3) is 0 Å².